The van der Waals surface area contributed by atoms with E-state index in [4.69, 9.17) is 0 Å². The molecule has 3 aromatic carbocycles. The number of amides is 2. The van der Waals surface area contributed by atoms with Crippen LogP contribution in [0.5, 0.6) is 0 Å². The molecule has 2 amide bonds. The molecule has 0 aliphatic carbocycles. The normalized spacial score (nSPS) is 11.4. The molecule has 0 saturated heterocycles. The number of nitrogens with one attached hydrogen (secondary N) is 1. The number of carbonyl (C=O) groups excluding carboxylic acids is 2. The van der Waals surface area contributed by atoms with Gasteiger partial charge in [0.05, 0.1) is 4.92 Å². The predicted octanol–water partition coefficient (Wildman–Crippen LogP) is 3.42. The molecule has 8 nitrogen and oxygen atoms in total. The van der Waals surface area contributed by atoms with Crippen LogP contribution in [0, 0.1) is 21.6 Å². The number of nitrogens with zero attached hydrogens (tertiary/aromatic N) is 3. The maximum absolute atomic E-state index is 12.9. The van der Waals surface area contributed by atoms with Crippen molar-refractivity contribution >= 4 is 28.3 Å². The van der Waals surface area contributed by atoms with Gasteiger partial charge < -0.3 is 5.32 Å². The molecule has 0 radical (unpaired) electrons. The van der Waals surface area contributed by atoms with Crippen molar-refractivity contribution in [3.05, 3.63) is 88.0 Å². The van der Waals surface area contributed by atoms with Gasteiger partial charge in [-0.25, -0.2) is 4.90 Å². The SMILES string of the molecule is CCN(C#N)C(=O)C(Cc1ccc2ccccc2c1)NC(=O)c1ccccc1[N+](=O)[O-]. The average molecular weight is 416 g/mol. The van der Waals surface area contributed by atoms with Crippen molar-refractivity contribution < 1.29 is 14.5 Å². The highest BCUT2D eigenvalue weighted by Crippen LogP contribution is 2.20. The molecule has 0 fully saturated rings. The van der Waals surface area contributed by atoms with E-state index in [0.29, 0.717) is 0 Å². The van der Waals surface area contributed by atoms with E-state index in [-0.39, 0.29) is 24.2 Å². The van der Waals surface area contributed by atoms with Gasteiger partial charge in [-0.3, -0.25) is 19.7 Å². The molecule has 0 spiro atoms. The number of nitriles is 1. The second kappa shape index (κ2) is 9.50. The van der Waals surface area contributed by atoms with Crippen molar-refractivity contribution in [2.45, 2.75) is 19.4 Å². The van der Waals surface area contributed by atoms with Crippen LogP contribution in [0.15, 0.2) is 66.7 Å². The Hall–Kier alpha value is -4.25. The number of nitro benzene ring substituents is 1. The first-order chi connectivity index (χ1) is 14.9. The molecule has 0 aliphatic rings. The van der Waals surface area contributed by atoms with Crippen molar-refractivity contribution in [2.24, 2.45) is 0 Å². The predicted molar refractivity (Wildman–Crippen MR) is 115 cm³/mol. The van der Waals surface area contributed by atoms with Crippen LogP contribution in [0.4, 0.5) is 5.69 Å². The lowest BCUT2D eigenvalue weighted by molar-refractivity contribution is -0.385. The number of carbonyl (C=O) groups is 2. The fourth-order valence-corrected chi connectivity index (χ4v) is 3.33. The first-order valence-corrected chi connectivity index (χ1v) is 9.67. The van der Waals surface area contributed by atoms with Crippen LogP contribution < -0.4 is 5.32 Å². The highest BCUT2D eigenvalue weighted by Gasteiger charge is 2.28. The van der Waals surface area contributed by atoms with Crippen LogP contribution in [0.25, 0.3) is 10.8 Å². The summed E-state index contributed by atoms with van der Waals surface area (Å²) in [6.07, 6.45) is 1.95. The number of fused-ring (bicyclic) bond motifs is 1. The molecular weight excluding hydrogens is 396 g/mol. The van der Waals surface area contributed by atoms with Crippen molar-refractivity contribution in [3.8, 4) is 6.19 Å². The van der Waals surface area contributed by atoms with Gasteiger partial charge >= 0.3 is 0 Å². The topological polar surface area (TPSA) is 116 Å². The molecule has 31 heavy (non-hydrogen) atoms. The van der Waals surface area contributed by atoms with E-state index in [1.807, 2.05) is 48.7 Å². The minimum Gasteiger partial charge on any atom is -0.340 e. The van der Waals surface area contributed by atoms with E-state index >= 15 is 0 Å². The summed E-state index contributed by atoms with van der Waals surface area (Å²) in [7, 11) is 0. The highest BCUT2D eigenvalue weighted by atomic mass is 16.6. The Labute approximate surface area is 178 Å². The smallest absolute Gasteiger partial charge is 0.282 e. The van der Waals surface area contributed by atoms with Gasteiger partial charge in [-0.05, 0) is 29.3 Å². The first kappa shape index (κ1) is 21.5. The van der Waals surface area contributed by atoms with Gasteiger partial charge in [0.25, 0.3) is 17.5 Å². The van der Waals surface area contributed by atoms with Crippen molar-refractivity contribution in [1.29, 1.82) is 5.26 Å². The van der Waals surface area contributed by atoms with E-state index < -0.39 is 22.8 Å². The number of likely N-dealkylation sites (N-methyl/N-ethyl adjacent to an activating group) is 1. The fraction of sp³-hybridized carbons (Fsp3) is 0.174. The van der Waals surface area contributed by atoms with E-state index in [0.717, 1.165) is 21.2 Å². The molecule has 0 heterocycles. The fourth-order valence-electron chi connectivity index (χ4n) is 3.33. The lowest BCUT2D eigenvalue weighted by Crippen LogP contribution is -2.48. The standard InChI is InChI=1S/C23H20N4O4/c1-2-26(15-24)23(29)20(14-16-11-12-17-7-3-4-8-18(17)13-16)25-22(28)19-9-5-6-10-21(19)27(30)31/h3-13,20H,2,14H2,1H3,(H,25,28). The van der Waals surface area contributed by atoms with Crippen LogP contribution in [0.1, 0.15) is 22.8 Å². The van der Waals surface area contributed by atoms with Crippen LogP contribution in [-0.2, 0) is 11.2 Å². The second-order valence-electron chi connectivity index (χ2n) is 6.87. The lowest BCUT2D eigenvalue weighted by Gasteiger charge is -2.22. The van der Waals surface area contributed by atoms with Crippen molar-refractivity contribution in [3.63, 3.8) is 0 Å². The van der Waals surface area contributed by atoms with Gasteiger partial charge in [0, 0.05) is 19.0 Å². The summed E-state index contributed by atoms with van der Waals surface area (Å²) >= 11 is 0. The number of benzene rings is 3. The molecule has 0 aromatic heterocycles. The quantitative estimate of drug-likeness (QED) is 0.274. The maximum atomic E-state index is 12.9. The third kappa shape index (κ3) is 4.85. The summed E-state index contributed by atoms with van der Waals surface area (Å²) < 4.78 is 0. The highest BCUT2D eigenvalue weighted by molar-refractivity contribution is 6.00. The zero-order chi connectivity index (χ0) is 22.4. The molecular formula is C23H20N4O4. The minimum absolute atomic E-state index is 0.133. The van der Waals surface area contributed by atoms with Gasteiger partial charge in [0.15, 0.2) is 6.19 Å². The van der Waals surface area contributed by atoms with E-state index in [2.05, 4.69) is 5.32 Å². The molecule has 3 aromatic rings. The number of hydrogen-bond acceptors (Lipinski definition) is 5. The monoisotopic (exact) mass is 416 g/mol. The Kier molecular flexibility index (Phi) is 6.58. The number of hydrogen-bond donors (Lipinski definition) is 1. The van der Waals surface area contributed by atoms with Gasteiger partial charge in [0.1, 0.15) is 11.6 Å². The van der Waals surface area contributed by atoms with Gasteiger partial charge in [-0.15, -0.1) is 0 Å². The molecule has 3 rings (SSSR count). The van der Waals surface area contributed by atoms with E-state index in [1.54, 1.807) is 6.92 Å². The van der Waals surface area contributed by atoms with Crippen molar-refractivity contribution in [2.75, 3.05) is 6.54 Å². The Morgan fingerprint density at radius 2 is 1.77 bits per heavy atom. The number of nitro groups is 1. The molecule has 0 aliphatic heterocycles. The summed E-state index contributed by atoms with van der Waals surface area (Å²) in [6, 6.07) is 17.9. The van der Waals surface area contributed by atoms with Gasteiger partial charge in [-0.1, -0.05) is 54.6 Å². The average Bonchev–Trinajstić information content (AvgIpc) is 2.79. The summed E-state index contributed by atoms with van der Waals surface area (Å²) in [5.74, 6) is -1.33. The Morgan fingerprint density at radius 3 is 2.45 bits per heavy atom. The summed E-state index contributed by atoms with van der Waals surface area (Å²) in [4.78, 5) is 37.3. The molecule has 0 saturated carbocycles. The van der Waals surface area contributed by atoms with Gasteiger partial charge in [-0.2, -0.15) is 5.26 Å². The molecule has 1 atom stereocenters. The first-order valence-electron chi connectivity index (χ1n) is 9.67. The van der Waals surface area contributed by atoms with Gasteiger partial charge in [0.2, 0.25) is 0 Å². The lowest BCUT2D eigenvalue weighted by atomic mass is 10.0. The third-order valence-electron chi connectivity index (χ3n) is 4.91. The van der Waals surface area contributed by atoms with Crippen LogP contribution in [-0.4, -0.2) is 34.2 Å². The molecule has 156 valence electrons. The number of rotatable bonds is 7. The molecule has 1 N–H and O–H groups in total. The molecule has 1 unspecified atom stereocenters. The van der Waals surface area contributed by atoms with Crippen molar-refractivity contribution in [1.82, 2.24) is 10.2 Å². The molecule has 8 heteroatoms. The van der Waals surface area contributed by atoms with E-state index in [9.17, 15) is 25.0 Å². The summed E-state index contributed by atoms with van der Waals surface area (Å²) in [5.41, 5.74) is 0.280. The maximum Gasteiger partial charge on any atom is 0.282 e. The Bertz CT molecular complexity index is 1190. The van der Waals surface area contributed by atoms with E-state index in [1.165, 1.54) is 24.3 Å². The second-order valence-corrected chi connectivity index (χ2v) is 6.87. The number of para-hydroxylation sites is 1. The zero-order valence-electron chi connectivity index (χ0n) is 16.8. The minimum atomic E-state index is -1.06. The summed E-state index contributed by atoms with van der Waals surface area (Å²) in [5, 5.41) is 25.1. The Balaban J connectivity index is 1.92. The summed E-state index contributed by atoms with van der Waals surface area (Å²) in [6.45, 7) is 1.79. The van der Waals surface area contributed by atoms with Crippen LogP contribution in [0.2, 0.25) is 0 Å². The Morgan fingerprint density at radius 1 is 1.10 bits per heavy atom. The molecule has 0 bridgehead atoms. The van der Waals surface area contributed by atoms with Crippen LogP contribution in [0.3, 0.4) is 0 Å². The third-order valence-corrected chi connectivity index (χ3v) is 4.91. The largest absolute Gasteiger partial charge is 0.340 e. The van der Waals surface area contributed by atoms with Crippen LogP contribution >= 0.6 is 0 Å². The zero-order valence-corrected chi connectivity index (χ0v) is 16.8.